The third-order valence-electron chi connectivity index (χ3n) is 10.5. The van der Waals surface area contributed by atoms with Crippen molar-refractivity contribution in [2.75, 3.05) is 0 Å². The zero-order chi connectivity index (χ0) is 35.3. The lowest BCUT2D eigenvalue weighted by Crippen LogP contribution is -2.22. The first-order valence-electron chi connectivity index (χ1n) is 18.5. The monoisotopic (exact) mass is 612 g/mol. The lowest BCUT2D eigenvalue weighted by atomic mass is 9.74. The number of benzene rings is 9. The third-order valence-corrected chi connectivity index (χ3v) is 10.5. The third kappa shape index (κ3) is 3.90. The predicted octanol–water partition coefficient (Wildman–Crippen LogP) is 13.0. The van der Waals surface area contributed by atoms with Gasteiger partial charge in [0.05, 0.1) is 5.48 Å². The largest absolute Gasteiger partial charge is 0.0629 e. The van der Waals surface area contributed by atoms with Gasteiger partial charge in [-0.05, 0) is 130 Å². The molecule has 0 bridgehead atoms. The van der Waals surface area contributed by atoms with Crippen molar-refractivity contribution < 1.29 is 5.48 Å². The molecule has 0 saturated carbocycles. The van der Waals surface area contributed by atoms with Crippen LogP contribution in [0.5, 0.6) is 0 Å². The number of hydrogen-bond donors (Lipinski definition) is 0. The Bertz CT molecular complexity index is 2930. The summed E-state index contributed by atoms with van der Waals surface area (Å²) in [5.74, 6) is 0. The summed E-state index contributed by atoms with van der Waals surface area (Å²) in [6.07, 6.45) is 0. The normalized spacial score (nSPS) is 16.4. The number of fused-ring (bicyclic) bond motifs is 8. The first-order chi connectivity index (χ1) is 25.3. The maximum absolute atomic E-state index is 9.59. The molecule has 9 aromatic rings. The Hall–Kier alpha value is -5.98. The summed E-state index contributed by atoms with van der Waals surface area (Å²) in [7, 11) is 0. The van der Waals surface area contributed by atoms with Gasteiger partial charge in [-0.15, -0.1) is 0 Å². The minimum absolute atomic E-state index is 0.0391. The fourth-order valence-electron chi connectivity index (χ4n) is 8.14. The standard InChI is InChI=1S/C48H32/c1-48(38-16-3-2-4-17-38)45-21-11-20-39(47(45)44-28-35-14-7-8-15-36(35)30-46(44)48)31-22-24-32(25-23-31)42-29-37-26-33-12-5-6-13-34(33)27-43(37)41-19-10-9-18-40(41)42/h2-30H,1H3/i22D,23D,24D,25D. The van der Waals surface area contributed by atoms with E-state index in [0.717, 1.165) is 65.3 Å². The van der Waals surface area contributed by atoms with Gasteiger partial charge in [0.1, 0.15) is 0 Å². The first-order valence-corrected chi connectivity index (χ1v) is 16.5. The van der Waals surface area contributed by atoms with E-state index in [1.54, 1.807) is 0 Å². The van der Waals surface area contributed by atoms with Crippen molar-refractivity contribution in [1.29, 1.82) is 0 Å². The topological polar surface area (TPSA) is 0 Å². The van der Waals surface area contributed by atoms with Gasteiger partial charge in [-0.3, -0.25) is 0 Å². The lowest BCUT2D eigenvalue weighted by Gasteiger charge is -2.28. The summed E-state index contributed by atoms with van der Waals surface area (Å²) in [4.78, 5) is 0. The van der Waals surface area contributed by atoms with Crippen LogP contribution in [0.2, 0.25) is 0 Å². The highest BCUT2D eigenvalue weighted by Crippen LogP contribution is 2.56. The fourth-order valence-corrected chi connectivity index (χ4v) is 8.14. The molecule has 48 heavy (non-hydrogen) atoms. The van der Waals surface area contributed by atoms with Gasteiger partial charge in [0.15, 0.2) is 0 Å². The van der Waals surface area contributed by atoms with Crippen molar-refractivity contribution in [2.45, 2.75) is 12.3 Å². The smallest absolute Gasteiger partial charge is 0.0622 e. The molecule has 0 aliphatic heterocycles. The van der Waals surface area contributed by atoms with Crippen molar-refractivity contribution in [1.82, 2.24) is 0 Å². The molecular formula is C48H32. The first kappa shape index (κ1) is 23.4. The molecule has 0 heterocycles. The Kier molecular flexibility index (Phi) is 4.99. The van der Waals surface area contributed by atoms with Gasteiger partial charge < -0.3 is 0 Å². The highest BCUT2D eigenvalue weighted by atomic mass is 14.4. The molecule has 0 radical (unpaired) electrons. The minimum Gasteiger partial charge on any atom is -0.0622 e. The Balaban J connectivity index is 1.25. The number of hydrogen-bond acceptors (Lipinski definition) is 0. The maximum Gasteiger partial charge on any atom is 0.0629 e. The Morgan fingerprint density at radius 3 is 1.69 bits per heavy atom. The van der Waals surface area contributed by atoms with E-state index >= 15 is 0 Å². The quantitative estimate of drug-likeness (QED) is 0.138. The molecular weight excluding hydrogens is 577 g/mol. The summed E-state index contributed by atoms with van der Waals surface area (Å²) in [6, 6.07) is 52.2. The molecule has 0 spiro atoms. The van der Waals surface area contributed by atoms with E-state index in [-0.39, 0.29) is 24.2 Å². The average molecular weight is 613 g/mol. The molecule has 1 atom stereocenters. The van der Waals surface area contributed by atoms with E-state index in [2.05, 4.69) is 97.9 Å². The second-order valence-electron chi connectivity index (χ2n) is 13.1. The summed E-state index contributed by atoms with van der Waals surface area (Å²) in [6.45, 7) is 2.26. The van der Waals surface area contributed by atoms with Gasteiger partial charge in [-0.1, -0.05) is 145 Å². The molecule has 0 nitrogen and oxygen atoms in total. The van der Waals surface area contributed by atoms with Crippen molar-refractivity contribution in [3.8, 4) is 33.4 Å². The van der Waals surface area contributed by atoms with Gasteiger partial charge in [0, 0.05) is 5.41 Å². The SMILES string of the molecule is [2H]c1c([2H])c(-c2cc3cc4ccccc4cc3c3ccccc23)c([2H])c([2H])c1-c1cccc2c1-c1cc3ccccc3cc1C2(C)c1ccccc1. The van der Waals surface area contributed by atoms with Crippen molar-refractivity contribution in [3.05, 3.63) is 193 Å². The Morgan fingerprint density at radius 2 is 0.958 bits per heavy atom. The van der Waals surface area contributed by atoms with Crippen molar-refractivity contribution in [2.24, 2.45) is 0 Å². The number of rotatable bonds is 3. The second-order valence-corrected chi connectivity index (χ2v) is 13.1. The van der Waals surface area contributed by atoms with Crippen LogP contribution in [0.4, 0.5) is 0 Å². The molecule has 0 fully saturated rings. The lowest BCUT2D eigenvalue weighted by molar-refractivity contribution is 0.715. The van der Waals surface area contributed by atoms with Crippen LogP contribution >= 0.6 is 0 Å². The van der Waals surface area contributed by atoms with Crippen LogP contribution in [0.1, 0.15) is 29.1 Å². The predicted molar refractivity (Wildman–Crippen MR) is 205 cm³/mol. The summed E-state index contributed by atoms with van der Waals surface area (Å²) in [5, 5.41) is 8.54. The van der Waals surface area contributed by atoms with E-state index in [1.807, 2.05) is 60.7 Å². The van der Waals surface area contributed by atoms with Crippen LogP contribution in [-0.4, -0.2) is 0 Å². The Morgan fingerprint density at radius 1 is 0.396 bits per heavy atom. The van der Waals surface area contributed by atoms with E-state index in [1.165, 1.54) is 5.56 Å². The van der Waals surface area contributed by atoms with E-state index < -0.39 is 5.41 Å². The molecule has 1 aliphatic rings. The summed E-state index contributed by atoms with van der Waals surface area (Å²) < 4.78 is 38.3. The van der Waals surface area contributed by atoms with Crippen LogP contribution in [0.15, 0.2) is 176 Å². The molecule has 1 aliphatic carbocycles. The van der Waals surface area contributed by atoms with Crippen LogP contribution in [-0.2, 0) is 5.41 Å². The van der Waals surface area contributed by atoms with E-state index in [4.69, 9.17) is 0 Å². The highest BCUT2D eigenvalue weighted by molar-refractivity contribution is 6.17. The van der Waals surface area contributed by atoms with E-state index in [9.17, 15) is 5.48 Å². The molecule has 0 aromatic heterocycles. The molecule has 9 aromatic carbocycles. The molecule has 224 valence electrons. The molecule has 0 N–H and O–H groups in total. The summed E-state index contributed by atoms with van der Waals surface area (Å²) >= 11 is 0. The minimum atomic E-state index is -0.488. The molecule has 0 heteroatoms. The van der Waals surface area contributed by atoms with Crippen LogP contribution in [0.3, 0.4) is 0 Å². The Labute approximate surface area is 286 Å². The van der Waals surface area contributed by atoms with Crippen LogP contribution in [0, 0.1) is 0 Å². The van der Waals surface area contributed by atoms with Gasteiger partial charge in [-0.25, -0.2) is 0 Å². The van der Waals surface area contributed by atoms with Crippen molar-refractivity contribution in [3.63, 3.8) is 0 Å². The zero-order valence-electron chi connectivity index (χ0n) is 30.4. The van der Waals surface area contributed by atoms with E-state index in [0.29, 0.717) is 22.3 Å². The summed E-state index contributed by atoms with van der Waals surface area (Å²) in [5.41, 5.74) is 7.01. The van der Waals surface area contributed by atoms with Crippen LogP contribution in [0.25, 0.3) is 76.5 Å². The van der Waals surface area contributed by atoms with Crippen molar-refractivity contribution >= 4 is 43.1 Å². The molecule has 0 saturated heterocycles. The molecule has 1 unspecified atom stereocenters. The zero-order valence-corrected chi connectivity index (χ0v) is 26.4. The highest BCUT2D eigenvalue weighted by Gasteiger charge is 2.42. The van der Waals surface area contributed by atoms with Gasteiger partial charge >= 0.3 is 0 Å². The second kappa shape index (κ2) is 10.3. The van der Waals surface area contributed by atoms with Gasteiger partial charge in [-0.2, -0.15) is 0 Å². The van der Waals surface area contributed by atoms with Gasteiger partial charge in [0.25, 0.3) is 0 Å². The molecule has 10 rings (SSSR count). The maximum atomic E-state index is 9.59. The van der Waals surface area contributed by atoms with Gasteiger partial charge in [0.2, 0.25) is 0 Å². The van der Waals surface area contributed by atoms with Crippen LogP contribution < -0.4 is 0 Å². The molecule has 0 amide bonds. The fraction of sp³-hybridized carbons (Fsp3) is 0.0417. The average Bonchev–Trinajstić information content (AvgIpc) is 3.44.